The standard InChI is InChI=1S/C8H15N.CH3.2Y/c1-4-6-7-9-8(3)5-2;;;/h4,9H,6-7H2,1-3H3;1H3;;/q-2;-1;;+3. The van der Waals surface area contributed by atoms with Crippen LogP contribution in [0.3, 0.4) is 0 Å². The van der Waals surface area contributed by atoms with Gasteiger partial charge in [-0.3, -0.25) is 0 Å². The number of hydrogen-bond donors (Lipinski definition) is 1. The molecule has 0 aliphatic rings. The monoisotopic (exact) mass is 318 g/mol. The molecule has 0 aliphatic heterocycles. The van der Waals surface area contributed by atoms with Gasteiger partial charge < -0.3 is 25.2 Å². The van der Waals surface area contributed by atoms with E-state index in [1.165, 1.54) is 0 Å². The Balaban J connectivity index is -0.000000107. The van der Waals surface area contributed by atoms with Gasteiger partial charge in [0.25, 0.3) is 0 Å². The summed E-state index contributed by atoms with van der Waals surface area (Å²) in [4.78, 5) is 0. The molecule has 0 rings (SSSR count). The smallest absolute Gasteiger partial charge is 0.480 e. The third-order valence-corrected chi connectivity index (χ3v) is 1.20. The summed E-state index contributed by atoms with van der Waals surface area (Å²) in [6.07, 6.45) is 6.29. The van der Waals surface area contributed by atoms with Gasteiger partial charge >= 0.3 is 32.7 Å². The van der Waals surface area contributed by atoms with E-state index in [9.17, 15) is 0 Å². The molecule has 0 aliphatic carbocycles. The molecule has 0 aromatic carbocycles. The van der Waals surface area contributed by atoms with Gasteiger partial charge in [0.1, 0.15) is 0 Å². The molecule has 0 fully saturated rings. The van der Waals surface area contributed by atoms with Crippen molar-refractivity contribution in [1.82, 2.24) is 5.32 Å². The molecule has 0 amide bonds. The van der Waals surface area contributed by atoms with Crippen molar-refractivity contribution in [1.29, 1.82) is 0 Å². The fourth-order valence-electron chi connectivity index (χ4n) is 0.492. The van der Waals surface area contributed by atoms with Crippen LogP contribution in [0.1, 0.15) is 27.2 Å². The van der Waals surface area contributed by atoms with Gasteiger partial charge in [0.05, 0.1) is 0 Å². The summed E-state index contributed by atoms with van der Waals surface area (Å²) in [5.41, 5.74) is 1.14. The summed E-state index contributed by atoms with van der Waals surface area (Å²) >= 11 is 0. The van der Waals surface area contributed by atoms with Crippen molar-refractivity contribution in [3.63, 3.8) is 0 Å². The predicted molar refractivity (Wildman–Crippen MR) is 47.1 cm³/mol. The molecule has 12 heavy (non-hydrogen) atoms. The van der Waals surface area contributed by atoms with E-state index in [0.717, 1.165) is 18.7 Å². The third kappa shape index (κ3) is 17.7. The molecule has 0 unspecified atom stereocenters. The quantitative estimate of drug-likeness (QED) is 0.620. The first-order valence-electron chi connectivity index (χ1n) is 3.34. The van der Waals surface area contributed by atoms with Crippen molar-refractivity contribution in [3.05, 3.63) is 25.6 Å². The zero-order valence-electron chi connectivity index (χ0n) is 8.65. The van der Waals surface area contributed by atoms with Crippen LogP contribution in [0.15, 0.2) is 5.70 Å². The van der Waals surface area contributed by atoms with Crippen LogP contribution in [0.25, 0.3) is 0 Å². The Hall–Kier alpha value is 1.75. The van der Waals surface area contributed by atoms with Crippen molar-refractivity contribution in [2.24, 2.45) is 0 Å². The Morgan fingerprint density at radius 2 is 2.00 bits per heavy atom. The van der Waals surface area contributed by atoms with Gasteiger partial charge in [-0.05, 0) is 6.54 Å². The first kappa shape index (κ1) is 23.5. The molecular formula is C9H18NY2. The topological polar surface area (TPSA) is 12.0 Å². The fraction of sp³-hybridized carbons (Fsp3) is 0.556. The number of hydrogen-bond acceptors (Lipinski definition) is 1. The number of unbranched alkanes of at least 4 members (excludes halogenated alkanes) is 1. The Kier molecular flexibility index (Phi) is 36.3. The van der Waals surface area contributed by atoms with Crippen molar-refractivity contribution in [2.75, 3.05) is 6.54 Å². The first-order valence-corrected chi connectivity index (χ1v) is 3.34. The molecule has 1 radical (unpaired) electrons. The summed E-state index contributed by atoms with van der Waals surface area (Å²) in [6.45, 7) is 7.03. The van der Waals surface area contributed by atoms with Crippen molar-refractivity contribution in [2.45, 2.75) is 27.2 Å². The average molecular weight is 318 g/mol. The first-order chi connectivity index (χ1) is 4.31. The number of rotatable bonds is 4. The zero-order valence-corrected chi connectivity index (χ0v) is 14.3. The van der Waals surface area contributed by atoms with E-state index in [2.05, 4.69) is 24.7 Å². The van der Waals surface area contributed by atoms with Gasteiger partial charge in [-0.15, -0.1) is 0 Å². The molecule has 0 atom stereocenters. The molecule has 1 N–H and O–H groups in total. The van der Waals surface area contributed by atoms with E-state index in [0.29, 0.717) is 0 Å². The minimum Gasteiger partial charge on any atom is -0.480 e. The van der Waals surface area contributed by atoms with Crippen molar-refractivity contribution in [3.8, 4) is 0 Å². The molecule has 0 saturated heterocycles. The maximum atomic E-state index is 3.21. The fourth-order valence-corrected chi connectivity index (χ4v) is 0.492. The Labute approximate surface area is 128 Å². The summed E-state index contributed by atoms with van der Waals surface area (Å²) < 4.78 is 0. The van der Waals surface area contributed by atoms with E-state index >= 15 is 0 Å². The van der Waals surface area contributed by atoms with Gasteiger partial charge in [0.15, 0.2) is 0 Å². The zero-order chi connectivity index (χ0) is 7.11. The summed E-state index contributed by atoms with van der Waals surface area (Å²) in [5.74, 6) is 0. The van der Waals surface area contributed by atoms with Gasteiger partial charge in [0.2, 0.25) is 0 Å². The minimum absolute atomic E-state index is 0. The van der Waals surface area contributed by atoms with Crippen LogP contribution in [0, 0.1) is 19.9 Å². The van der Waals surface area contributed by atoms with Gasteiger partial charge in [0, 0.05) is 32.7 Å². The molecular weight excluding hydrogens is 300 g/mol. The Morgan fingerprint density at radius 1 is 1.50 bits per heavy atom. The molecule has 0 bridgehead atoms. The Morgan fingerprint density at radius 3 is 2.33 bits per heavy atom. The predicted octanol–water partition coefficient (Wildman–Crippen LogP) is 2.36. The maximum Gasteiger partial charge on any atom is 3.00 e. The van der Waals surface area contributed by atoms with Gasteiger partial charge in [-0.2, -0.15) is 26.0 Å². The molecule has 0 spiro atoms. The summed E-state index contributed by atoms with van der Waals surface area (Å²) in [7, 11) is 0. The molecule has 1 nitrogen and oxygen atoms in total. The van der Waals surface area contributed by atoms with E-state index in [1.807, 2.05) is 13.8 Å². The normalized spacial score (nSPS) is 8.75. The average Bonchev–Trinajstić information content (AvgIpc) is 1.89. The van der Waals surface area contributed by atoms with Gasteiger partial charge in [-0.25, -0.2) is 0 Å². The van der Waals surface area contributed by atoms with Crippen molar-refractivity contribution < 1.29 is 65.4 Å². The van der Waals surface area contributed by atoms with E-state index in [1.54, 1.807) is 0 Å². The number of nitrogens with one attached hydrogen (secondary N) is 1. The van der Waals surface area contributed by atoms with E-state index < -0.39 is 0 Å². The molecule has 0 aromatic heterocycles. The third-order valence-electron chi connectivity index (χ3n) is 1.20. The second kappa shape index (κ2) is 18.5. The second-order valence-corrected chi connectivity index (χ2v) is 2.00. The van der Waals surface area contributed by atoms with Crippen LogP contribution in [-0.2, 0) is 65.4 Å². The molecule has 0 saturated carbocycles. The summed E-state index contributed by atoms with van der Waals surface area (Å²) in [5, 5.41) is 3.21. The summed E-state index contributed by atoms with van der Waals surface area (Å²) in [6, 6.07) is 0. The molecule has 65 valence electrons. The maximum absolute atomic E-state index is 3.21. The molecule has 0 aromatic rings. The van der Waals surface area contributed by atoms with Crippen LogP contribution in [0.4, 0.5) is 0 Å². The largest absolute Gasteiger partial charge is 3.00 e. The number of allylic oxidation sites excluding steroid dienone is 2. The van der Waals surface area contributed by atoms with Crippen LogP contribution >= 0.6 is 0 Å². The van der Waals surface area contributed by atoms with E-state index in [4.69, 9.17) is 0 Å². The van der Waals surface area contributed by atoms with Crippen LogP contribution in [-0.4, -0.2) is 6.54 Å². The van der Waals surface area contributed by atoms with Crippen molar-refractivity contribution >= 4 is 0 Å². The Bertz CT molecular complexity index is 92.5. The van der Waals surface area contributed by atoms with E-state index in [-0.39, 0.29) is 72.8 Å². The second-order valence-electron chi connectivity index (χ2n) is 2.00. The molecule has 0 heterocycles. The minimum atomic E-state index is 0. The SMILES string of the molecule is C[C-]=C(C)NCC[CH-]C.[CH3-].[Y+3].[Y]. The van der Waals surface area contributed by atoms with Crippen LogP contribution in [0.2, 0.25) is 0 Å². The molecule has 3 heteroatoms. The van der Waals surface area contributed by atoms with Crippen LogP contribution < -0.4 is 5.32 Å². The van der Waals surface area contributed by atoms with Gasteiger partial charge in [-0.1, -0.05) is 6.92 Å². The van der Waals surface area contributed by atoms with Crippen LogP contribution in [0.5, 0.6) is 0 Å².